The van der Waals surface area contributed by atoms with Crippen LogP contribution < -0.4 is 10.6 Å². The van der Waals surface area contributed by atoms with Gasteiger partial charge in [-0.15, -0.1) is 0 Å². The lowest BCUT2D eigenvalue weighted by atomic mass is 10.1. The Balaban J connectivity index is 1.88. The van der Waals surface area contributed by atoms with E-state index >= 15 is 0 Å². The van der Waals surface area contributed by atoms with Gasteiger partial charge in [0.25, 0.3) is 0 Å². The van der Waals surface area contributed by atoms with Gasteiger partial charge >= 0.3 is 0 Å². The molecule has 0 saturated carbocycles. The molecule has 2 rings (SSSR count). The molecular formula is C18H22N2. The second-order valence-electron chi connectivity index (χ2n) is 5.24. The Kier molecular flexibility index (Phi) is 4.46. The van der Waals surface area contributed by atoms with Crippen molar-refractivity contribution in [1.82, 2.24) is 5.32 Å². The molecule has 2 nitrogen and oxygen atoms in total. The summed E-state index contributed by atoms with van der Waals surface area (Å²) >= 11 is 0. The van der Waals surface area contributed by atoms with Gasteiger partial charge in [0, 0.05) is 12.2 Å². The summed E-state index contributed by atoms with van der Waals surface area (Å²) in [6, 6.07) is 14.8. The fourth-order valence-electron chi connectivity index (χ4n) is 1.98. The Hall–Kier alpha value is -2.22. The maximum atomic E-state index is 4.01. The van der Waals surface area contributed by atoms with Crippen molar-refractivity contribution in [2.45, 2.75) is 27.3 Å². The van der Waals surface area contributed by atoms with E-state index in [4.69, 9.17) is 0 Å². The van der Waals surface area contributed by atoms with Crippen LogP contribution in [0.15, 0.2) is 54.9 Å². The Morgan fingerprint density at radius 1 is 0.950 bits per heavy atom. The summed E-state index contributed by atoms with van der Waals surface area (Å²) in [6.07, 6.45) is 0. The van der Waals surface area contributed by atoms with E-state index in [9.17, 15) is 0 Å². The fraction of sp³-hybridized carbons (Fsp3) is 0.222. The molecule has 0 bridgehead atoms. The summed E-state index contributed by atoms with van der Waals surface area (Å²) in [5, 5.41) is 6.56. The van der Waals surface area contributed by atoms with Crippen LogP contribution in [0.2, 0.25) is 0 Å². The molecule has 0 aromatic heterocycles. The normalized spacial score (nSPS) is 10.2. The smallest absolute Gasteiger partial charge is 0.0959 e. The molecule has 2 aromatic rings. The number of benzene rings is 2. The minimum Gasteiger partial charge on any atom is -0.368 e. The Bertz CT molecular complexity index is 597. The molecule has 0 aliphatic heterocycles. The second-order valence-corrected chi connectivity index (χ2v) is 5.24. The van der Waals surface area contributed by atoms with E-state index in [1.165, 1.54) is 22.3 Å². The first-order valence-corrected chi connectivity index (χ1v) is 6.87. The van der Waals surface area contributed by atoms with Gasteiger partial charge in [-0.2, -0.15) is 0 Å². The van der Waals surface area contributed by atoms with Crippen molar-refractivity contribution in [3.63, 3.8) is 0 Å². The molecule has 0 spiro atoms. The Morgan fingerprint density at radius 2 is 1.65 bits per heavy atom. The summed E-state index contributed by atoms with van der Waals surface area (Å²) in [5.41, 5.74) is 6.21. The van der Waals surface area contributed by atoms with Gasteiger partial charge in [-0.25, -0.2) is 0 Å². The number of hydrogen-bond donors (Lipinski definition) is 2. The molecule has 0 aliphatic rings. The summed E-state index contributed by atoms with van der Waals surface area (Å²) in [7, 11) is 0. The van der Waals surface area contributed by atoms with Gasteiger partial charge < -0.3 is 10.6 Å². The Labute approximate surface area is 121 Å². The summed E-state index contributed by atoms with van der Waals surface area (Å²) < 4.78 is 0. The predicted molar refractivity (Wildman–Crippen MR) is 86.7 cm³/mol. The molecule has 0 unspecified atom stereocenters. The fourth-order valence-corrected chi connectivity index (χ4v) is 1.98. The third kappa shape index (κ3) is 3.89. The van der Waals surface area contributed by atoms with Gasteiger partial charge in [0.05, 0.1) is 5.82 Å². The van der Waals surface area contributed by atoms with Crippen LogP contribution in [-0.4, -0.2) is 0 Å². The molecule has 0 atom stereocenters. The van der Waals surface area contributed by atoms with Gasteiger partial charge in [0.1, 0.15) is 0 Å². The minimum absolute atomic E-state index is 0.777. The molecule has 0 radical (unpaired) electrons. The van der Waals surface area contributed by atoms with E-state index in [0.29, 0.717) is 0 Å². The van der Waals surface area contributed by atoms with Crippen molar-refractivity contribution in [1.29, 1.82) is 0 Å². The summed E-state index contributed by atoms with van der Waals surface area (Å²) in [5.74, 6) is 0.812. The zero-order chi connectivity index (χ0) is 14.5. The van der Waals surface area contributed by atoms with E-state index in [1.807, 2.05) is 0 Å². The average Bonchev–Trinajstić information content (AvgIpc) is 2.43. The third-order valence-corrected chi connectivity index (χ3v) is 3.42. The lowest BCUT2D eigenvalue weighted by Gasteiger charge is -2.13. The van der Waals surface area contributed by atoms with Crippen molar-refractivity contribution in [2.75, 3.05) is 5.32 Å². The topological polar surface area (TPSA) is 24.1 Å². The minimum atomic E-state index is 0.777. The highest BCUT2D eigenvalue weighted by atomic mass is 15.1. The SMILES string of the molecule is C=C(NCc1ccc(C)c(C)c1)Nc1ccc(C)cc1. The highest BCUT2D eigenvalue weighted by Crippen LogP contribution is 2.12. The van der Waals surface area contributed by atoms with E-state index in [1.54, 1.807) is 0 Å². The number of hydrogen-bond acceptors (Lipinski definition) is 2. The summed E-state index contributed by atoms with van der Waals surface area (Å²) in [6.45, 7) is 11.1. The van der Waals surface area contributed by atoms with Gasteiger partial charge in [-0.1, -0.05) is 42.5 Å². The molecule has 0 aliphatic carbocycles. The number of rotatable bonds is 5. The van der Waals surface area contributed by atoms with Crippen molar-refractivity contribution in [2.24, 2.45) is 0 Å². The maximum absolute atomic E-state index is 4.01. The van der Waals surface area contributed by atoms with Crippen LogP contribution in [0.1, 0.15) is 22.3 Å². The van der Waals surface area contributed by atoms with Crippen LogP contribution >= 0.6 is 0 Å². The van der Waals surface area contributed by atoms with Crippen LogP contribution in [0.5, 0.6) is 0 Å². The predicted octanol–water partition coefficient (Wildman–Crippen LogP) is 4.28. The largest absolute Gasteiger partial charge is 0.368 e. The Morgan fingerprint density at radius 3 is 2.30 bits per heavy atom. The first kappa shape index (κ1) is 14.2. The third-order valence-electron chi connectivity index (χ3n) is 3.42. The van der Waals surface area contributed by atoms with Gasteiger partial charge in [0.2, 0.25) is 0 Å². The van der Waals surface area contributed by atoms with Crippen molar-refractivity contribution >= 4 is 5.69 Å². The van der Waals surface area contributed by atoms with Crippen LogP contribution in [0.25, 0.3) is 0 Å². The van der Waals surface area contributed by atoms with E-state index < -0.39 is 0 Å². The van der Waals surface area contributed by atoms with Crippen LogP contribution in [-0.2, 0) is 6.54 Å². The molecule has 0 saturated heterocycles. The molecule has 20 heavy (non-hydrogen) atoms. The zero-order valence-corrected chi connectivity index (χ0v) is 12.5. The molecule has 2 heteroatoms. The van der Waals surface area contributed by atoms with Crippen LogP contribution in [0.3, 0.4) is 0 Å². The molecule has 2 N–H and O–H groups in total. The second kappa shape index (κ2) is 6.29. The lowest BCUT2D eigenvalue weighted by Crippen LogP contribution is -2.18. The van der Waals surface area contributed by atoms with E-state index in [-0.39, 0.29) is 0 Å². The quantitative estimate of drug-likeness (QED) is 0.844. The lowest BCUT2D eigenvalue weighted by molar-refractivity contribution is 0.819. The molecule has 0 amide bonds. The number of nitrogens with one attached hydrogen (secondary N) is 2. The molecular weight excluding hydrogens is 244 g/mol. The van der Waals surface area contributed by atoms with Crippen molar-refractivity contribution < 1.29 is 0 Å². The molecule has 0 heterocycles. The van der Waals surface area contributed by atoms with E-state index in [2.05, 4.69) is 80.4 Å². The molecule has 104 valence electrons. The van der Waals surface area contributed by atoms with Gasteiger partial charge in [0.15, 0.2) is 0 Å². The van der Waals surface area contributed by atoms with Gasteiger partial charge in [-0.05, 0) is 49.6 Å². The number of anilines is 1. The zero-order valence-electron chi connectivity index (χ0n) is 12.5. The first-order chi connectivity index (χ1) is 9.54. The van der Waals surface area contributed by atoms with Gasteiger partial charge in [-0.3, -0.25) is 0 Å². The average molecular weight is 266 g/mol. The molecule has 0 fully saturated rings. The van der Waals surface area contributed by atoms with Crippen molar-refractivity contribution in [3.05, 3.63) is 77.1 Å². The van der Waals surface area contributed by atoms with E-state index in [0.717, 1.165) is 18.1 Å². The first-order valence-electron chi connectivity index (χ1n) is 6.87. The summed E-state index contributed by atoms with van der Waals surface area (Å²) in [4.78, 5) is 0. The highest BCUT2D eigenvalue weighted by Gasteiger charge is 1.98. The monoisotopic (exact) mass is 266 g/mol. The highest BCUT2D eigenvalue weighted by molar-refractivity contribution is 5.48. The maximum Gasteiger partial charge on any atom is 0.0959 e. The van der Waals surface area contributed by atoms with Crippen molar-refractivity contribution in [3.8, 4) is 0 Å². The van der Waals surface area contributed by atoms with Crippen LogP contribution in [0.4, 0.5) is 5.69 Å². The molecule has 2 aromatic carbocycles. The van der Waals surface area contributed by atoms with Crippen LogP contribution in [0, 0.1) is 20.8 Å². The standard InChI is InChI=1S/C18H22N2/c1-13-5-9-18(10-6-13)20-16(4)19-12-17-8-7-14(2)15(3)11-17/h5-11,19-20H,4,12H2,1-3H3. The number of aryl methyl sites for hydroxylation is 3.